The van der Waals surface area contributed by atoms with E-state index in [4.69, 9.17) is 4.74 Å². The van der Waals surface area contributed by atoms with Crippen LogP contribution in [0.25, 0.3) is 0 Å². The largest absolute Gasteiger partial charge is 0.390 e. The van der Waals surface area contributed by atoms with E-state index in [1.165, 1.54) is 0 Å². The van der Waals surface area contributed by atoms with E-state index in [1.54, 1.807) is 25.6 Å². The third kappa shape index (κ3) is 6.99. The maximum atomic E-state index is 9.73. The van der Waals surface area contributed by atoms with Gasteiger partial charge in [-0.1, -0.05) is 13.8 Å². The van der Waals surface area contributed by atoms with Gasteiger partial charge in [-0.3, -0.25) is 0 Å². The van der Waals surface area contributed by atoms with Crippen LogP contribution in [0.2, 0.25) is 0 Å². The molecule has 0 bridgehead atoms. The average molecular weight is 329 g/mol. The van der Waals surface area contributed by atoms with Crippen molar-refractivity contribution in [3.63, 3.8) is 0 Å². The summed E-state index contributed by atoms with van der Waals surface area (Å²) in [4.78, 5) is 4.66. The Labute approximate surface area is 140 Å². The van der Waals surface area contributed by atoms with Crippen LogP contribution in [0.5, 0.6) is 0 Å². The summed E-state index contributed by atoms with van der Waals surface area (Å²) in [5.41, 5.74) is 0.747. The molecule has 128 valence electrons. The van der Waals surface area contributed by atoms with Gasteiger partial charge in [0.1, 0.15) is 10.6 Å². The summed E-state index contributed by atoms with van der Waals surface area (Å²) < 4.78 is 5.91. The highest BCUT2D eigenvalue weighted by Crippen LogP contribution is 2.29. The molecule has 4 nitrogen and oxygen atoms in total. The van der Waals surface area contributed by atoms with Gasteiger partial charge in [0.05, 0.1) is 23.6 Å². The standard InChI is InChI=1S/C15H26N2O2S.C2H6/c1-14(2,18)9-10-19-15(3,4)12-8-7-11(16-5)13(17-12)20-6;1-2/h7-8,16,18H,9-10H2,1-6H3;1-2H3. The molecule has 0 atom stereocenters. The molecular formula is C17H32N2O2S. The van der Waals surface area contributed by atoms with Crippen molar-refractivity contribution in [1.82, 2.24) is 4.98 Å². The van der Waals surface area contributed by atoms with E-state index in [2.05, 4.69) is 10.3 Å². The number of hydrogen-bond donors (Lipinski definition) is 2. The number of anilines is 1. The molecule has 0 aliphatic heterocycles. The number of ether oxygens (including phenoxy) is 1. The van der Waals surface area contributed by atoms with E-state index >= 15 is 0 Å². The zero-order chi connectivity index (χ0) is 17.4. The van der Waals surface area contributed by atoms with Crippen LogP contribution in [0.15, 0.2) is 17.2 Å². The van der Waals surface area contributed by atoms with Crippen molar-refractivity contribution in [3.05, 3.63) is 17.8 Å². The number of aliphatic hydroxyl groups is 1. The number of nitrogens with one attached hydrogen (secondary N) is 1. The molecule has 0 unspecified atom stereocenters. The maximum Gasteiger partial charge on any atom is 0.119 e. The van der Waals surface area contributed by atoms with Crippen LogP contribution >= 0.6 is 11.8 Å². The lowest BCUT2D eigenvalue weighted by Crippen LogP contribution is -2.28. The first-order chi connectivity index (χ1) is 10.2. The SMILES string of the molecule is CC.CNc1ccc(C(C)(C)OCCC(C)(C)O)nc1SC. The molecule has 0 aliphatic carbocycles. The van der Waals surface area contributed by atoms with Crippen LogP contribution < -0.4 is 5.32 Å². The molecule has 2 N–H and O–H groups in total. The minimum Gasteiger partial charge on any atom is -0.390 e. The number of rotatable bonds is 7. The number of nitrogens with zero attached hydrogens (tertiary/aromatic N) is 1. The highest BCUT2D eigenvalue weighted by molar-refractivity contribution is 7.98. The van der Waals surface area contributed by atoms with E-state index in [0.29, 0.717) is 13.0 Å². The summed E-state index contributed by atoms with van der Waals surface area (Å²) in [6.45, 7) is 12.1. The summed E-state index contributed by atoms with van der Waals surface area (Å²) in [5, 5.41) is 13.8. The van der Waals surface area contributed by atoms with Crippen molar-refractivity contribution in [2.45, 2.75) is 64.2 Å². The zero-order valence-electron chi connectivity index (χ0n) is 15.3. The Morgan fingerprint density at radius 3 is 2.27 bits per heavy atom. The van der Waals surface area contributed by atoms with Gasteiger partial charge in [0.15, 0.2) is 0 Å². The molecule has 1 aromatic rings. The topological polar surface area (TPSA) is 54.4 Å². The summed E-state index contributed by atoms with van der Waals surface area (Å²) >= 11 is 1.61. The summed E-state index contributed by atoms with van der Waals surface area (Å²) in [5.74, 6) is 0. The van der Waals surface area contributed by atoms with Crippen LogP contribution in [0.3, 0.4) is 0 Å². The number of thioether (sulfide) groups is 1. The van der Waals surface area contributed by atoms with Gasteiger partial charge in [0.2, 0.25) is 0 Å². The highest BCUT2D eigenvalue weighted by atomic mass is 32.2. The highest BCUT2D eigenvalue weighted by Gasteiger charge is 2.25. The van der Waals surface area contributed by atoms with Gasteiger partial charge in [-0.15, -0.1) is 11.8 Å². The van der Waals surface area contributed by atoms with Crippen molar-refractivity contribution in [2.75, 3.05) is 25.2 Å². The van der Waals surface area contributed by atoms with E-state index in [-0.39, 0.29) is 0 Å². The molecule has 0 aliphatic rings. The van der Waals surface area contributed by atoms with Crippen LogP contribution in [-0.4, -0.2) is 35.6 Å². The molecule has 0 radical (unpaired) electrons. The summed E-state index contributed by atoms with van der Waals surface area (Å²) in [6, 6.07) is 4.00. The second kappa shape index (κ2) is 9.38. The number of hydrogen-bond acceptors (Lipinski definition) is 5. The Balaban J connectivity index is 0.00000211. The van der Waals surface area contributed by atoms with Crippen molar-refractivity contribution in [1.29, 1.82) is 0 Å². The Bertz CT molecular complexity index is 443. The Kier molecular flexibility index (Phi) is 9.05. The molecule has 5 heteroatoms. The van der Waals surface area contributed by atoms with Crippen molar-refractivity contribution in [3.8, 4) is 0 Å². The third-order valence-corrected chi connectivity index (χ3v) is 3.81. The molecular weight excluding hydrogens is 296 g/mol. The minimum atomic E-state index is -0.704. The maximum absolute atomic E-state index is 9.73. The van der Waals surface area contributed by atoms with Crippen molar-refractivity contribution >= 4 is 17.4 Å². The monoisotopic (exact) mass is 328 g/mol. The second-order valence-electron chi connectivity index (χ2n) is 5.92. The van der Waals surface area contributed by atoms with Gasteiger partial charge in [0.25, 0.3) is 0 Å². The second-order valence-corrected chi connectivity index (χ2v) is 6.72. The Morgan fingerprint density at radius 2 is 1.82 bits per heavy atom. The van der Waals surface area contributed by atoms with E-state index in [0.717, 1.165) is 16.4 Å². The minimum absolute atomic E-state index is 0.470. The molecule has 22 heavy (non-hydrogen) atoms. The van der Waals surface area contributed by atoms with Crippen LogP contribution in [0, 0.1) is 0 Å². The molecule has 1 aromatic heterocycles. The van der Waals surface area contributed by atoms with Gasteiger partial charge in [0, 0.05) is 7.05 Å². The Hall–Kier alpha value is -0.780. The smallest absolute Gasteiger partial charge is 0.119 e. The van der Waals surface area contributed by atoms with E-state index in [9.17, 15) is 5.11 Å². The molecule has 0 aromatic carbocycles. The van der Waals surface area contributed by atoms with Gasteiger partial charge in [-0.05, 0) is 52.5 Å². The molecule has 0 fully saturated rings. The molecule has 0 spiro atoms. The predicted molar refractivity (Wildman–Crippen MR) is 96.8 cm³/mol. The predicted octanol–water partition coefficient (Wildman–Crippen LogP) is 4.28. The van der Waals surface area contributed by atoms with E-state index < -0.39 is 11.2 Å². The first kappa shape index (κ1) is 21.2. The lowest BCUT2D eigenvalue weighted by Gasteiger charge is -2.27. The van der Waals surface area contributed by atoms with Gasteiger partial charge >= 0.3 is 0 Å². The summed E-state index contributed by atoms with van der Waals surface area (Å²) in [7, 11) is 1.89. The quantitative estimate of drug-likeness (QED) is 0.732. The molecule has 0 saturated carbocycles. The molecule has 0 saturated heterocycles. The van der Waals surface area contributed by atoms with E-state index in [1.807, 2.05) is 53.1 Å². The normalized spacial score (nSPS) is 11.7. The molecule has 1 rings (SSSR count). The third-order valence-electron chi connectivity index (χ3n) is 3.12. The fourth-order valence-corrected chi connectivity index (χ4v) is 2.33. The fourth-order valence-electron chi connectivity index (χ4n) is 1.75. The van der Waals surface area contributed by atoms with Gasteiger partial charge in [-0.25, -0.2) is 4.98 Å². The first-order valence-corrected chi connectivity index (χ1v) is 9.01. The Morgan fingerprint density at radius 1 is 1.23 bits per heavy atom. The van der Waals surface area contributed by atoms with Crippen molar-refractivity contribution in [2.24, 2.45) is 0 Å². The van der Waals surface area contributed by atoms with Crippen molar-refractivity contribution < 1.29 is 9.84 Å². The summed E-state index contributed by atoms with van der Waals surface area (Å²) in [6.07, 6.45) is 2.61. The van der Waals surface area contributed by atoms with Crippen LogP contribution in [0.4, 0.5) is 5.69 Å². The van der Waals surface area contributed by atoms with Gasteiger partial charge in [-0.2, -0.15) is 0 Å². The number of aromatic nitrogens is 1. The van der Waals surface area contributed by atoms with Crippen LogP contribution in [-0.2, 0) is 10.3 Å². The number of pyridine rings is 1. The molecule has 1 heterocycles. The molecule has 0 amide bonds. The lowest BCUT2D eigenvalue weighted by atomic mass is 10.0. The zero-order valence-corrected chi connectivity index (χ0v) is 16.1. The van der Waals surface area contributed by atoms with Crippen LogP contribution in [0.1, 0.15) is 53.7 Å². The van der Waals surface area contributed by atoms with Gasteiger partial charge < -0.3 is 15.2 Å². The first-order valence-electron chi connectivity index (χ1n) is 7.79. The fraction of sp³-hybridized carbons (Fsp3) is 0.706. The average Bonchev–Trinajstić information content (AvgIpc) is 2.47. The lowest BCUT2D eigenvalue weighted by molar-refractivity contribution is -0.0519.